The summed E-state index contributed by atoms with van der Waals surface area (Å²) in [5.41, 5.74) is 2.35. The zero-order valence-corrected chi connectivity index (χ0v) is 12.4. The van der Waals surface area contributed by atoms with Crippen LogP contribution in [0.1, 0.15) is 25.3 Å². The second-order valence-corrected chi connectivity index (χ2v) is 6.31. The van der Waals surface area contributed by atoms with E-state index in [9.17, 15) is 8.42 Å². The number of rotatable bonds is 5. The van der Waals surface area contributed by atoms with Gasteiger partial charge in [-0.15, -0.1) is 0 Å². The molecule has 0 bridgehead atoms. The predicted molar refractivity (Wildman–Crippen MR) is 81.9 cm³/mol. The first kappa shape index (κ1) is 14.8. The van der Waals surface area contributed by atoms with E-state index in [0.717, 1.165) is 30.4 Å². The van der Waals surface area contributed by atoms with Crippen molar-refractivity contribution in [3.63, 3.8) is 0 Å². The SMILES string of the molecule is CCCCc1cccc(-c2ccccc2)c1S(N)(=O)=O. The molecule has 0 aliphatic rings. The molecule has 0 atom stereocenters. The highest BCUT2D eigenvalue weighted by Gasteiger charge is 2.19. The fraction of sp³-hybridized carbons (Fsp3) is 0.250. The Bertz CT molecular complexity index is 679. The van der Waals surface area contributed by atoms with E-state index in [0.29, 0.717) is 5.56 Å². The molecule has 20 heavy (non-hydrogen) atoms. The Kier molecular flexibility index (Phi) is 4.57. The number of hydrogen-bond donors (Lipinski definition) is 1. The van der Waals surface area contributed by atoms with Crippen LogP contribution in [0.3, 0.4) is 0 Å². The summed E-state index contributed by atoms with van der Waals surface area (Å²) in [6.07, 6.45) is 2.68. The van der Waals surface area contributed by atoms with Crippen LogP contribution in [0.2, 0.25) is 0 Å². The van der Waals surface area contributed by atoms with E-state index in [-0.39, 0.29) is 4.90 Å². The highest BCUT2D eigenvalue weighted by atomic mass is 32.2. The minimum absolute atomic E-state index is 0.264. The summed E-state index contributed by atoms with van der Waals surface area (Å²) in [4.78, 5) is 0.264. The van der Waals surface area contributed by atoms with Gasteiger partial charge in [0.2, 0.25) is 10.0 Å². The summed E-state index contributed by atoms with van der Waals surface area (Å²) in [6.45, 7) is 2.08. The van der Waals surface area contributed by atoms with Crippen molar-refractivity contribution in [3.05, 3.63) is 54.1 Å². The molecular formula is C16H19NO2S. The molecule has 0 amide bonds. The van der Waals surface area contributed by atoms with Crippen molar-refractivity contribution in [2.24, 2.45) is 5.14 Å². The Morgan fingerprint density at radius 1 is 1.00 bits per heavy atom. The third kappa shape index (κ3) is 3.26. The second kappa shape index (κ2) is 6.20. The first-order chi connectivity index (χ1) is 9.54. The Balaban J connectivity index is 2.63. The first-order valence-electron chi connectivity index (χ1n) is 6.74. The molecule has 0 saturated heterocycles. The van der Waals surface area contributed by atoms with Gasteiger partial charge in [-0.2, -0.15) is 0 Å². The smallest absolute Gasteiger partial charge is 0.225 e. The van der Waals surface area contributed by atoms with E-state index in [4.69, 9.17) is 5.14 Å². The monoisotopic (exact) mass is 289 g/mol. The van der Waals surface area contributed by atoms with Crippen molar-refractivity contribution < 1.29 is 8.42 Å². The van der Waals surface area contributed by atoms with Crippen molar-refractivity contribution in [2.45, 2.75) is 31.1 Å². The highest BCUT2D eigenvalue weighted by molar-refractivity contribution is 7.89. The van der Waals surface area contributed by atoms with Gasteiger partial charge < -0.3 is 0 Å². The molecule has 3 nitrogen and oxygen atoms in total. The number of hydrogen-bond acceptors (Lipinski definition) is 2. The molecule has 0 aromatic heterocycles. The summed E-state index contributed by atoms with van der Waals surface area (Å²) in [5, 5.41) is 5.44. The van der Waals surface area contributed by atoms with Crippen LogP contribution in [-0.4, -0.2) is 8.42 Å². The van der Waals surface area contributed by atoms with Gasteiger partial charge in [-0.25, -0.2) is 13.6 Å². The van der Waals surface area contributed by atoms with E-state index < -0.39 is 10.0 Å². The standard InChI is InChI=1S/C16H19NO2S/c1-2-3-8-14-11-7-12-15(16(14)20(17,18)19)13-9-5-4-6-10-13/h4-7,9-12H,2-3,8H2,1H3,(H2,17,18,19). The van der Waals surface area contributed by atoms with Crippen molar-refractivity contribution in [3.8, 4) is 11.1 Å². The Morgan fingerprint density at radius 3 is 2.30 bits per heavy atom. The minimum Gasteiger partial charge on any atom is -0.225 e. The van der Waals surface area contributed by atoms with Gasteiger partial charge in [-0.1, -0.05) is 61.9 Å². The molecule has 0 aliphatic carbocycles. The highest BCUT2D eigenvalue weighted by Crippen LogP contribution is 2.30. The van der Waals surface area contributed by atoms with Crippen molar-refractivity contribution in [1.82, 2.24) is 0 Å². The number of benzene rings is 2. The molecule has 0 aliphatic heterocycles. The van der Waals surface area contributed by atoms with Crippen LogP contribution in [0.5, 0.6) is 0 Å². The Morgan fingerprint density at radius 2 is 1.70 bits per heavy atom. The zero-order chi connectivity index (χ0) is 14.6. The molecule has 2 aromatic rings. The normalized spacial score (nSPS) is 11.5. The summed E-state index contributed by atoms with van der Waals surface area (Å²) in [5.74, 6) is 0. The van der Waals surface area contributed by atoms with E-state index in [2.05, 4.69) is 6.92 Å². The van der Waals surface area contributed by atoms with E-state index in [1.807, 2.05) is 48.5 Å². The molecule has 0 saturated carbocycles. The summed E-state index contributed by atoms with van der Waals surface area (Å²) >= 11 is 0. The molecule has 4 heteroatoms. The molecule has 106 valence electrons. The lowest BCUT2D eigenvalue weighted by Crippen LogP contribution is -2.16. The Labute approximate surface area is 120 Å². The van der Waals surface area contributed by atoms with Gasteiger partial charge in [0.15, 0.2) is 0 Å². The van der Waals surface area contributed by atoms with Gasteiger partial charge in [-0.05, 0) is 24.0 Å². The van der Waals surface area contributed by atoms with Crippen LogP contribution in [0.25, 0.3) is 11.1 Å². The van der Waals surface area contributed by atoms with Crippen LogP contribution in [0.4, 0.5) is 0 Å². The molecule has 2 aromatic carbocycles. The maximum absolute atomic E-state index is 12.0. The molecule has 2 N–H and O–H groups in total. The molecular weight excluding hydrogens is 270 g/mol. The lowest BCUT2D eigenvalue weighted by Gasteiger charge is -2.13. The molecule has 0 radical (unpaired) electrons. The minimum atomic E-state index is -3.74. The third-order valence-electron chi connectivity index (χ3n) is 3.27. The number of aryl methyl sites for hydroxylation is 1. The molecule has 0 fully saturated rings. The van der Waals surface area contributed by atoms with E-state index >= 15 is 0 Å². The summed E-state index contributed by atoms with van der Waals surface area (Å²) < 4.78 is 24.0. The van der Waals surface area contributed by atoms with Gasteiger partial charge in [0.25, 0.3) is 0 Å². The quantitative estimate of drug-likeness (QED) is 0.917. The fourth-order valence-electron chi connectivity index (χ4n) is 2.33. The maximum atomic E-state index is 12.0. The van der Waals surface area contributed by atoms with Gasteiger partial charge >= 0.3 is 0 Å². The molecule has 0 spiro atoms. The van der Waals surface area contributed by atoms with E-state index in [1.165, 1.54) is 0 Å². The average Bonchev–Trinajstić information content (AvgIpc) is 2.44. The number of unbranched alkanes of at least 4 members (excludes halogenated alkanes) is 1. The number of primary sulfonamides is 1. The van der Waals surface area contributed by atoms with Gasteiger partial charge in [-0.3, -0.25) is 0 Å². The van der Waals surface area contributed by atoms with Crippen molar-refractivity contribution in [2.75, 3.05) is 0 Å². The van der Waals surface area contributed by atoms with Crippen LogP contribution in [0.15, 0.2) is 53.4 Å². The lowest BCUT2D eigenvalue weighted by molar-refractivity contribution is 0.596. The largest absolute Gasteiger partial charge is 0.238 e. The third-order valence-corrected chi connectivity index (χ3v) is 4.32. The molecule has 0 unspecified atom stereocenters. The van der Waals surface area contributed by atoms with Crippen LogP contribution in [0, 0.1) is 0 Å². The molecule has 0 heterocycles. The first-order valence-corrected chi connectivity index (χ1v) is 8.28. The van der Waals surface area contributed by atoms with Gasteiger partial charge in [0.1, 0.15) is 0 Å². The average molecular weight is 289 g/mol. The van der Waals surface area contributed by atoms with Crippen LogP contribution >= 0.6 is 0 Å². The maximum Gasteiger partial charge on any atom is 0.238 e. The predicted octanol–water partition coefficient (Wildman–Crippen LogP) is 3.34. The van der Waals surface area contributed by atoms with Crippen molar-refractivity contribution >= 4 is 10.0 Å². The van der Waals surface area contributed by atoms with Gasteiger partial charge in [0, 0.05) is 5.56 Å². The van der Waals surface area contributed by atoms with E-state index in [1.54, 1.807) is 0 Å². The van der Waals surface area contributed by atoms with Crippen molar-refractivity contribution in [1.29, 1.82) is 0 Å². The number of nitrogens with two attached hydrogens (primary N) is 1. The topological polar surface area (TPSA) is 60.2 Å². The number of sulfonamides is 1. The van der Waals surface area contributed by atoms with Crippen LogP contribution < -0.4 is 5.14 Å². The summed E-state index contributed by atoms with van der Waals surface area (Å²) in [6, 6.07) is 15.0. The molecule has 2 rings (SSSR count). The van der Waals surface area contributed by atoms with Crippen LogP contribution in [-0.2, 0) is 16.4 Å². The zero-order valence-electron chi connectivity index (χ0n) is 11.5. The second-order valence-electron chi connectivity index (χ2n) is 4.81. The fourth-order valence-corrected chi connectivity index (χ4v) is 3.36. The van der Waals surface area contributed by atoms with Gasteiger partial charge in [0.05, 0.1) is 4.90 Å². The Hall–Kier alpha value is -1.65. The summed E-state index contributed by atoms with van der Waals surface area (Å²) in [7, 11) is -3.74. The lowest BCUT2D eigenvalue weighted by atomic mass is 10.0.